The highest BCUT2D eigenvalue weighted by atomic mass is 15.1. The van der Waals surface area contributed by atoms with Crippen molar-refractivity contribution < 1.29 is 0 Å². The quantitative estimate of drug-likeness (QED) is 0.384. The smallest absolute Gasteiger partial charge is 0.106 e. The Hall–Kier alpha value is -2.00. The Morgan fingerprint density at radius 2 is 2.29 bits per heavy atom. The van der Waals surface area contributed by atoms with Crippen molar-refractivity contribution in [1.82, 2.24) is 9.55 Å². The van der Waals surface area contributed by atoms with E-state index in [1.807, 2.05) is 30.7 Å². The van der Waals surface area contributed by atoms with Crippen molar-refractivity contribution in [3.05, 3.63) is 34.5 Å². The lowest BCUT2D eigenvalue weighted by Gasteiger charge is -1.96. The molecule has 1 aromatic carbocycles. The highest BCUT2D eigenvalue weighted by Gasteiger charge is 2.03. The van der Waals surface area contributed by atoms with Gasteiger partial charge in [-0.05, 0) is 24.6 Å². The number of aromatic nitrogens is 2. The van der Waals surface area contributed by atoms with E-state index in [9.17, 15) is 0 Å². The van der Waals surface area contributed by atoms with Gasteiger partial charge in [0.05, 0.1) is 11.0 Å². The molecule has 0 amide bonds. The van der Waals surface area contributed by atoms with Crippen LogP contribution in [0.25, 0.3) is 21.5 Å². The van der Waals surface area contributed by atoms with Crippen molar-refractivity contribution >= 4 is 16.7 Å². The van der Waals surface area contributed by atoms with Crippen molar-refractivity contribution in [1.29, 1.82) is 0 Å². The molecule has 0 atom stereocenters. The monoisotopic (exact) mass is 187 g/mol. The van der Waals surface area contributed by atoms with E-state index in [0.717, 1.165) is 16.9 Å². The van der Waals surface area contributed by atoms with Crippen LogP contribution in [0.1, 0.15) is 5.82 Å². The summed E-state index contributed by atoms with van der Waals surface area (Å²) in [4.78, 5) is 7.09. The van der Waals surface area contributed by atoms with Crippen LogP contribution in [-0.2, 0) is 7.05 Å². The molecular formula is C9H9N5. The molecule has 2 rings (SSSR count). The van der Waals surface area contributed by atoms with Crippen LogP contribution in [0.2, 0.25) is 0 Å². The van der Waals surface area contributed by atoms with E-state index in [0.29, 0.717) is 5.69 Å². The van der Waals surface area contributed by atoms with Crippen molar-refractivity contribution in [3.8, 4) is 0 Å². The van der Waals surface area contributed by atoms with Crippen molar-refractivity contribution in [2.45, 2.75) is 6.92 Å². The molecule has 1 heterocycles. The van der Waals surface area contributed by atoms with Gasteiger partial charge >= 0.3 is 0 Å². The average Bonchev–Trinajstić information content (AvgIpc) is 2.45. The number of imidazole rings is 1. The first kappa shape index (κ1) is 8.59. The van der Waals surface area contributed by atoms with Crippen LogP contribution in [0.3, 0.4) is 0 Å². The number of rotatable bonds is 1. The van der Waals surface area contributed by atoms with E-state index in [-0.39, 0.29) is 0 Å². The second-order valence-electron chi connectivity index (χ2n) is 3.08. The maximum Gasteiger partial charge on any atom is 0.106 e. The van der Waals surface area contributed by atoms with Crippen LogP contribution < -0.4 is 0 Å². The van der Waals surface area contributed by atoms with Crippen LogP contribution in [0, 0.1) is 6.92 Å². The number of aryl methyl sites for hydroxylation is 2. The third-order valence-electron chi connectivity index (χ3n) is 2.25. The van der Waals surface area contributed by atoms with E-state index in [2.05, 4.69) is 15.0 Å². The maximum atomic E-state index is 8.30. The largest absolute Gasteiger partial charge is 0.331 e. The number of benzene rings is 1. The van der Waals surface area contributed by atoms with Gasteiger partial charge in [-0.1, -0.05) is 11.2 Å². The Balaban J connectivity index is 2.75. The summed E-state index contributed by atoms with van der Waals surface area (Å²) in [6.07, 6.45) is 0. The molecule has 0 aliphatic rings. The van der Waals surface area contributed by atoms with Gasteiger partial charge in [-0.3, -0.25) is 0 Å². The lowest BCUT2D eigenvalue weighted by Crippen LogP contribution is -1.89. The molecule has 0 aliphatic carbocycles. The first-order chi connectivity index (χ1) is 6.72. The van der Waals surface area contributed by atoms with Gasteiger partial charge in [0.2, 0.25) is 0 Å². The molecule has 14 heavy (non-hydrogen) atoms. The van der Waals surface area contributed by atoms with Gasteiger partial charge in [-0.2, -0.15) is 0 Å². The average molecular weight is 187 g/mol. The van der Waals surface area contributed by atoms with Crippen LogP contribution in [-0.4, -0.2) is 9.55 Å². The summed E-state index contributed by atoms with van der Waals surface area (Å²) in [6, 6.07) is 5.44. The summed E-state index contributed by atoms with van der Waals surface area (Å²) in [5, 5.41) is 3.55. The zero-order valence-electron chi connectivity index (χ0n) is 7.97. The number of fused-ring (bicyclic) bond motifs is 1. The van der Waals surface area contributed by atoms with Crippen molar-refractivity contribution in [2.24, 2.45) is 12.2 Å². The fourth-order valence-electron chi connectivity index (χ4n) is 1.41. The standard InChI is InChI=1S/C9H9N5/c1-6-11-8-4-3-7(12-13-10)5-9(8)14(6)2/h3-5H,1-2H3. The number of nitrogens with zero attached hydrogens (tertiary/aromatic N) is 5. The zero-order chi connectivity index (χ0) is 10.1. The molecule has 1 aromatic heterocycles. The first-order valence-electron chi connectivity index (χ1n) is 4.20. The van der Waals surface area contributed by atoms with Crippen LogP contribution >= 0.6 is 0 Å². The molecule has 0 bridgehead atoms. The summed E-state index contributed by atoms with van der Waals surface area (Å²) in [6.45, 7) is 1.94. The molecule has 70 valence electrons. The number of hydrogen-bond acceptors (Lipinski definition) is 2. The summed E-state index contributed by atoms with van der Waals surface area (Å²) in [5.41, 5.74) is 10.8. The molecule has 0 saturated carbocycles. The van der Waals surface area contributed by atoms with Gasteiger partial charge in [0.25, 0.3) is 0 Å². The molecule has 5 nitrogen and oxygen atoms in total. The molecule has 5 heteroatoms. The minimum absolute atomic E-state index is 0.614. The van der Waals surface area contributed by atoms with E-state index in [1.165, 1.54) is 0 Å². The fourth-order valence-corrected chi connectivity index (χ4v) is 1.41. The topological polar surface area (TPSA) is 66.6 Å². The summed E-state index contributed by atoms with van der Waals surface area (Å²) < 4.78 is 1.96. The minimum Gasteiger partial charge on any atom is -0.331 e. The number of azide groups is 1. The third-order valence-corrected chi connectivity index (χ3v) is 2.25. The Bertz CT molecular complexity index is 533. The maximum absolute atomic E-state index is 8.30. The highest BCUT2D eigenvalue weighted by molar-refractivity contribution is 5.79. The Morgan fingerprint density at radius 3 is 3.00 bits per heavy atom. The predicted octanol–water partition coefficient (Wildman–Crippen LogP) is 2.82. The predicted molar refractivity (Wildman–Crippen MR) is 54.3 cm³/mol. The number of hydrogen-bond donors (Lipinski definition) is 0. The Morgan fingerprint density at radius 1 is 1.50 bits per heavy atom. The third kappa shape index (κ3) is 1.20. The van der Waals surface area contributed by atoms with Crippen LogP contribution in [0.5, 0.6) is 0 Å². The van der Waals surface area contributed by atoms with Gasteiger partial charge in [0, 0.05) is 17.6 Å². The lowest BCUT2D eigenvalue weighted by molar-refractivity contribution is 0.886. The normalized spacial score (nSPS) is 10.1. The van der Waals surface area contributed by atoms with Gasteiger partial charge < -0.3 is 4.57 Å². The Kier molecular flexibility index (Phi) is 1.87. The lowest BCUT2D eigenvalue weighted by atomic mass is 10.3. The molecule has 0 saturated heterocycles. The molecule has 0 N–H and O–H groups in total. The minimum atomic E-state index is 0.614. The summed E-state index contributed by atoms with van der Waals surface area (Å²) in [7, 11) is 1.94. The van der Waals surface area contributed by atoms with E-state index < -0.39 is 0 Å². The van der Waals surface area contributed by atoms with Gasteiger partial charge in [-0.25, -0.2) is 4.98 Å². The van der Waals surface area contributed by atoms with E-state index in [1.54, 1.807) is 6.07 Å². The SMILES string of the molecule is Cc1nc2ccc(N=[N+]=[N-])cc2n1C. The van der Waals surface area contributed by atoms with Crippen molar-refractivity contribution in [2.75, 3.05) is 0 Å². The van der Waals surface area contributed by atoms with E-state index in [4.69, 9.17) is 5.53 Å². The summed E-state index contributed by atoms with van der Waals surface area (Å²) >= 11 is 0. The summed E-state index contributed by atoms with van der Waals surface area (Å²) in [5.74, 6) is 0.943. The zero-order valence-corrected chi connectivity index (χ0v) is 7.97. The van der Waals surface area contributed by atoms with Crippen LogP contribution in [0.4, 0.5) is 5.69 Å². The Labute approximate surface area is 80.6 Å². The molecule has 0 spiro atoms. The fraction of sp³-hybridized carbons (Fsp3) is 0.222. The highest BCUT2D eigenvalue weighted by Crippen LogP contribution is 2.21. The van der Waals surface area contributed by atoms with Gasteiger partial charge in [0.15, 0.2) is 0 Å². The molecule has 0 unspecified atom stereocenters. The molecular weight excluding hydrogens is 178 g/mol. The van der Waals surface area contributed by atoms with Crippen molar-refractivity contribution in [3.63, 3.8) is 0 Å². The van der Waals surface area contributed by atoms with Gasteiger partial charge in [-0.15, -0.1) is 0 Å². The first-order valence-corrected chi connectivity index (χ1v) is 4.20. The molecule has 0 aliphatic heterocycles. The molecule has 0 radical (unpaired) electrons. The second-order valence-corrected chi connectivity index (χ2v) is 3.08. The van der Waals surface area contributed by atoms with Crippen LogP contribution in [0.15, 0.2) is 23.3 Å². The molecule has 2 aromatic rings. The molecule has 0 fully saturated rings. The second kappa shape index (κ2) is 3.05. The van der Waals surface area contributed by atoms with E-state index >= 15 is 0 Å². The van der Waals surface area contributed by atoms with Gasteiger partial charge in [0.1, 0.15) is 5.82 Å².